The van der Waals surface area contributed by atoms with Gasteiger partial charge in [-0.1, -0.05) is 26.0 Å². The summed E-state index contributed by atoms with van der Waals surface area (Å²) in [5, 5.41) is 0. The van der Waals surface area contributed by atoms with Gasteiger partial charge in [0.05, 0.1) is 0 Å². The Morgan fingerprint density at radius 2 is 2.20 bits per heavy atom. The first-order chi connectivity index (χ1) is 4.66. The predicted octanol–water partition coefficient (Wildman–Crippen LogP) is 2.86. The summed E-state index contributed by atoms with van der Waals surface area (Å²) in [6.45, 7) is 8.34. The quantitative estimate of drug-likeness (QED) is 0.496. The molecule has 0 aromatic heterocycles. The molecule has 0 rings (SSSR count). The van der Waals surface area contributed by atoms with Gasteiger partial charge < -0.3 is 0 Å². The van der Waals surface area contributed by atoms with Crippen LogP contribution in [-0.2, 0) is 0 Å². The molecule has 2 heteroatoms. The Hall–Kier alpha value is 0.440. The summed E-state index contributed by atoms with van der Waals surface area (Å²) < 4.78 is 0. The summed E-state index contributed by atoms with van der Waals surface area (Å²) in [6.07, 6.45) is 0. The third-order valence-corrected chi connectivity index (χ3v) is 2.94. The van der Waals surface area contributed by atoms with Gasteiger partial charge in [-0.25, -0.2) is 0 Å². The normalized spacial score (nSPS) is 10.4. The molecule has 0 aliphatic rings. The van der Waals surface area contributed by atoms with Crippen LogP contribution in [-0.4, -0.2) is 17.3 Å². The monoisotopic (exact) mass is 176 g/mol. The van der Waals surface area contributed by atoms with Crippen LogP contribution in [0.1, 0.15) is 13.8 Å². The van der Waals surface area contributed by atoms with Crippen LogP contribution in [0.2, 0.25) is 0 Å². The number of thioether (sulfide) groups is 1. The van der Waals surface area contributed by atoms with E-state index >= 15 is 0 Å². The van der Waals surface area contributed by atoms with E-state index in [4.69, 9.17) is 0 Å². The van der Waals surface area contributed by atoms with Crippen LogP contribution in [0.4, 0.5) is 0 Å². The molecule has 0 heterocycles. The third kappa shape index (κ3) is 6.56. The zero-order chi connectivity index (χ0) is 7.98. The van der Waals surface area contributed by atoms with Gasteiger partial charge in [0, 0.05) is 11.5 Å². The van der Waals surface area contributed by atoms with Crippen molar-refractivity contribution in [3.05, 3.63) is 12.2 Å². The minimum atomic E-state index is 0.790. The molecule has 0 aromatic carbocycles. The van der Waals surface area contributed by atoms with E-state index in [-0.39, 0.29) is 0 Å². The third-order valence-electron chi connectivity index (χ3n) is 0.981. The lowest BCUT2D eigenvalue weighted by molar-refractivity contribution is 0.750. The van der Waals surface area contributed by atoms with Crippen molar-refractivity contribution in [1.29, 1.82) is 0 Å². The largest absolute Gasteiger partial charge is 0.175 e. The molecule has 0 atom stereocenters. The summed E-state index contributed by atoms with van der Waals surface area (Å²) in [5.74, 6) is 3.91. The molecule has 0 aromatic rings. The zero-order valence-electron chi connectivity index (χ0n) is 6.76. The van der Waals surface area contributed by atoms with Crippen molar-refractivity contribution in [2.75, 3.05) is 17.3 Å². The summed E-state index contributed by atoms with van der Waals surface area (Å²) in [6, 6.07) is 0. The Kier molecular flexibility index (Phi) is 6.44. The van der Waals surface area contributed by atoms with Crippen molar-refractivity contribution < 1.29 is 0 Å². The molecule has 0 unspecified atom stereocenters. The van der Waals surface area contributed by atoms with Gasteiger partial charge in [-0.2, -0.15) is 24.4 Å². The Morgan fingerprint density at radius 3 is 2.60 bits per heavy atom. The van der Waals surface area contributed by atoms with E-state index < -0.39 is 0 Å². The molecule has 0 fully saturated rings. The average molecular weight is 176 g/mol. The van der Waals surface area contributed by atoms with Crippen LogP contribution in [0.5, 0.6) is 0 Å². The maximum absolute atomic E-state index is 4.13. The van der Waals surface area contributed by atoms with Gasteiger partial charge in [-0.05, 0) is 11.7 Å². The Bertz CT molecular complexity index is 97.4. The van der Waals surface area contributed by atoms with Crippen LogP contribution in [0.25, 0.3) is 0 Å². The van der Waals surface area contributed by atoms with E-state index in [1.165, 1.54) is 11.3 Å². The summed E-state index contributed by atoms with van der Waals surface area (Å²) in [7, 11) is 0. The number of hydrogen-bond acceptors (Lipinski definition) is 2. The van der Waals surface area contributed by atoms with Crippen LogP contribution < -0.4 is 0 Å². The number of rotatable bonds is 5. The molecule has 0 bridgehead atoms. The minimum absolute atomic E-state index is 0.790. The SMILES string of the molecule is C=C(CS)CSCC(C)C. The molecule has 0 aliphatic carbocycles. The highest BCUT2D eigenvalue weighted by molar-refractivity contribution is 7.99. The predicted molar refractivity (Wildman–Crippen MR) is 55.2 cm³/mol. The molecule has 0 amide bonds. The second-order valence-corrected chi connectivity index (χ2v) is 4.16. The lowest BCUT2D eigenvalue weighted by Gasteiger charge is -2.04. The Balaban J connectivity index is 3.12. The average Bonchev–Trinajstić information content (AvgIpc) is 1.87. The van der Waals surface area contributed by atoms with Crippen molar-refractivity contribution in [2.45, 2.75) is 13.8 Å². The van der Waals surface area contributed by atoms with Crippen LogP contribution >= 0.6 is 24.4 Å². The van der Waals surface area contributed by atoms with Crippen molar-refractivity contribution in [3.63, 3.8) is 0 Å². The maximum Gasteiger partial charge on any atom is 0.0148 e. The van der Waals surface area contributed by atoms with E-state index in [1.807, 2.05) is 11.8 Å². The first-order valence-corrected chi connectivity index (χ1v) is 5.30. The first kappa shape index (κ1) is 10.4. The Morgan fingerprint density at radius 1 is 1.60 bits per heavy atom. The van der Waals surface area contributed by atoms with Crippen molar-refractivity contribution in [1.82, 2.24) is 0 Å². The molecule has 0 spiro atoms. The van der Waals surface area contributed by atoms with E-state index in [2.05, 4.69) is 33.1 Å². The fourth-order valence-electron chi connectivity index (χ4n) is 0.485. The summed E-state index contributed by atoms with van der Waals surface area (Å²) in [5.41, 5.74) is 1.23. The van der Waals surface area contributed by atoms with Gasteiger partial charge in [-0.3, -0.25) is 0 Å². The molecule has 10 heavy (non-hydrogen) atoms. The van der Waals surface area contributed by atoms with Gasteiger partial charge in [0.15, 0.2) is 0 Å². The van der Waals surface area contributed by atoms with E-state index in [0.29, 0.717) is 0 Å². The molecular weight excluding hydrogens is 160 g/mol. The highest BCUT2D eigenvalue weighted by Crippen LogP contribution is 2.11. The molecule has 0 nitrogen and oxygen atoms in total. The van der Waals surface area contributed by atoms with Crippen LogP contribution in [0.15, 0.2) is 12.2 Å². The maximum atomic E-state index is 4.13. The van der Waals surface area contributed by atoms with Crippen LogP contribution in [0, 0.1) is 5.92 Å². The number of hydrogen-bond donors (Lipinski definition) is 1. The fraction of sp³-hybridized carbons (Fsp3) is 0.750. The minimum Gasteiger partial charge on any atom is -0.175 e. The van der Waals surface area contributed by atoms with Gasteiger partial charge in [0.2, 0.25) is 0 Å². The van der Waals surface area contributed by atoms with E-state index in [1.54, 1.807) is 0 Å². The molecule has 60 valence electrons. The first-order valence-electron chi connectivity index (χ1n) is 3.52. The molecule has 0 aliphatic heterocycles. The summed E-state index contributed by atoms with van der Waals surface area (Å²) >= 11 is 6.07. The van der Waals surface area contributed by atoms with Crippen molar-refractivity contribution in [3.8, 4) is 0 Å². The standard InChI is InChI=1S/C8H16S2/c1-7(2)5-10-6-8(3)4-9/h7,9H,3-6H2,1-2H3. The molecule has 0 radical (unpaired) electrons. The van der Waals surface area contributed by atoms with E-state index in [0.717, 1.165) is 17.4 Å². The molecule has 0 saturated carbocycles. The van der Waals surface area contributed by atoms with Gasteiger partial charge in [0.1, 0.15) is 0 Å². The molecule has 0 N–H and O–H groups in total. The highest BCUT2D eigenvalue weighted by Gasteiger charge is 1.95. The lowest BCUT2D eigenvalue weighted by Crippen LogP contribution is -1.94. The fourth-order valence-corrected chi connectivity index (χ4v) is 1.73. The molecule has 0 saturated heterocycles. The van der Waals surface area contributed by atoms with Gasteiger partial charge >= 0.3 is 0 Å². The topological polar surface area (TPSA) is 0 Å². The molecular formula is C8H16S2. The number of thiol groups is 1. The van der Waals surface area contributed by atoms with E-state index in [9.17, 15) is 0 Å². The second-order valence-electron chi connectivity index (χ2n) is 2.82. The highest BCUT2D eigenvalue weighted by atomic mass is 32.2. The van der Waals surface area contributed by atoms with Gasteiger partial charge in [-0.15, -0.1) is 0 Å². The zero-order valence-corrected chi connectivity index (χ0v) is 8.47. The van der Waals surface area contributed by atoms with Crippen molar-refractivity contribution >= 4 is 24.4 Å². The van der Waals surface area contributed by atoms with Crippen molar-refractivity contribution in [2.24, 2.45) is 5.92 Å². The summed E-state index contributed by atoms with van der Waals surface area (Å²) in [4.78, 5) is 0. The lowest BCUT2D eigenvalue weighted by atomic mass is 10.3. The second kappa shape index (κ2) is 6.17. The van der Waals surface area contributed by atoms with Crippen LogP contribution in [0.3, 0.4) is 0 Å². The van der Waals surface area contributed by atoms with Gasteiger partial charge in [0.25, 0.3) is 0 Å². The Labute approximate surface area is 73.9 Å². The smallest absolute Gasteiger partial charge is 0.0148 e.